The Hall–Kier alpha value is -2.36. The van der Waals surface area contributed by atoms with E-state index in [4.69, 9.17) is 10.00 Å². The predicted molar refractivity (Wildman–Crippen MR) is 86.0 cm³/mol. The lowest BCUT2D eigenvalue weighted by Crippen LogP contribution is -2.36. The predicted octanol–water partition coefficient (Wildman–Crippen LogP) is 2.01. The zero-order valence-corrected chi connectivity index (χ0v) is 14.1. The van der Waals surface area contributed by atoms with Crippen molar-refractivity contribution in [3.05, 3.63) is 17.5 Å². The second-order valence-corrected chi connectivity index (χ2v) is 6.79. The lowest BCUT2D eigenvalue weighted by Gasteiger charge is -2.21. The molecule has 0 aromatic carbocycles. The first-order valence-electron chi connectivity index (χ1n) is 7.74. The van der Waals surface area contributed by atoms with Crippen LogP contribution in [0.1, 0.15) is 38.6 Å². The molecule has 1 atom stereocenters. The van der Waals surface area contributed by atoms with Crippen molar-refractivity contribution in [3.63, 3.8) is 0 Å². The van der Waals surface area contributed by atoms with Gasteiger partial charge in [0.15, 0.2) is 0 Å². The van der Waals surface area contributed by atoms with E-state index in [0.29, 0.717) is 24.1 Å². The Morgan fingerprint density at radius 1 is 1.52 bits per heavy atom. The maximum absolute atomic E-state index is 11.7. The largest absolute Gasteiger partial charge is 0.444 e. The fourth-order valence-corrected chi connectivity index (χ4v) is 2.47. The summed E-state index contributed by atoms with van der Waals surface area (Å²) < 4.78 is 5.23. The van der Waals surface area contributed by atoms with Crippen molar-refractivity contribution in [2.75, 3.05) is 24.5 Å². The highest BCUT2D eigenvalue weighted by Gasteiger charge is 2.26. The minimum absolute atomic E-state index is 0.317. The van der Waals surface area contributed by atoms with E-state index in [1.54, 1.807) is 6.07 Å². The van der Waals surface area contributed by atoms with Gasteiger partial charge in [-0.3, -0.25) is 0 Å². The van der Waals surface area contributed by atoms with Crippen LogP contribution >= 0.6 is 0 Å². The average molecular weight is 317 g/mol. The summed E-state index contributed by atoms with van der Waals surface area (Å²) in [6, 6.07) is 3.72. The first-order chi connectivity index (χ1) is 10.8. The lowest BCUT2D eigenvalue weighted by molar-refractivity contribution is 0.0520. The Kier molecular flexibility index (Phi) is 5.04. The Labute approximate surface area is 136 Å². The Morgan fingerprint density at radius 2 is 2.26 bits per heavy atom. The summed E-state index contributed by atoms with van der Waals surface area (Å²) in [4.78, 5) is 22.4. The quantitative estimate of drug-likeness (QED) is 0.917. The number of alkyl carbamates (subject to hydrolysis) is 1. The molecule has 1 aliphatic rings. The maximum Gasteiger partial charge on any atom is 0.407 e. The molecule has 0 radical (unpaired) electrons. The van der Waals surface area contributed by atoms with Crippen molar-refractivity contribution in [1.29, 1.82) is 5.26 Å². The summed E-state index contributed by atoms with van der Waals surface area (Å²) in [5, 5.41) is 11.8. The van der Waals surface area contributed by atoms with Gasteiger partial charge in [0.05, 0.1) is 0 Å². The van der Waals surface area contributed by atoms with Gasteiger partial charge in [0.25, 0.3) is 0 Å². The number of aryl methyl sites for hydroxylation is 1. The van der Waals surface area contributed by atoms with Gasteiger partial charge in [-0.15, -0.1) is 0 Å². The highest BCUT2D eigenvalue weighted by molar-refractivity contribution is 5.67. The third kappa shape index (κ3) is 5.09. The van der Waals surface area contributed by atoms with Gasteiger partial charge in [0.1, 0.15) is 17.4 Å². The molecular weight excluding hydrogens is 294 g/mol. The topological polar surface area (TPSA) is 91.1 Å². The van der Waals surface area contributed by atoms with E-state index < -0.39 is 11.7 Å². The average Bonchev–Trinajstić information content (AvgIpc) is 2.91. The minimum Gasteiger partial charge on any atom is -0.444 e. The normalized spacial score (nSPS) is 17.7. The van der Waals surface area contributed by atoms with Crippen molar-refractivity contribution in [2.45, 2.75) is 39.7 Å². The van der Waals surface area contributed by atoms with Gasteiger partial charge >= 0.3 is 6.09 Å². The SMILES string of the molecule is Cc1cc(C#N)nc(N2CCC(CNC(=O)OC(C)(C)C)C2)n1. The number of nitriles is 1. The van der Waals surface area contributed by atoms with E-state index in [9.17, 15) is 4.79 Å². The molecule has 1 fully saturated rings. The molecule has 0 spiro atoms. The van der Waals surface area contributed by atoms with Crippen LogP contribution in [0.4, 0.5) is 10.7 Å². The number of nitrogens with zero attached hydrogens (tertiary/aromatic N) is 4. The van der Waals surface area contributed by atoms with E-state index in [2.05, 4.69) is 26.3 Å². The molecule has 1 aromatic heterocycles. The number of ether oxygens (including phenoxy) is 1. The van der Waals surface area contributed by atoms with Crippen molar-refractivity contribution >= 4 is 12.0 Å². The fraction of sp³-hybridized carbons (Fsp3) is 0.625. The summed E-state index contributed by atoms with van der Waals surface area (Å²) in [6.45, 7) is 9.49. The van der Waals surface area contributed by atoms with Crippen molar-refractivity contribution in [1.82, 2.24) is 15.3 Å². The summed E-state index contributed by atoms with van der Waals surface area (Å²) in [5.41, 5.74) is 0.666. The zero-order valence-electron chi connectivity index (χ0n) is 14.1. The monoisotopic (exact) mass is 317 g/mol. The highest BCUT2D eigenvalue weighted by Crippen LogP contribution is 2.21. The third-order valence-corrected chi connectivity index (χ3v) is 3.46. The third-order valence-electron chi connectivity index (χ3n) is 3.46. The van der Waals surface area contributed by atoms with Crippen molar-refractivity contribution in [2.24, 2.45) is 5.92 Å². The molecule has 0 saturated carbocycles. The van der Waals surface area contributed by atoms with Crippen LogP contribution in [0, 0.1) is 24.2 Å². The Balaban J connectivity index is 1.88. The number of carbonyl (C=O) groups is 1. The van der Waals surface area contributed by atoms with Crippen LogP contribution < -0.4 is 10.2 Å². The molecule has 2 heterocycles. The molecule has 1 amide bonds. The molecule has 23 heavy (non-hydrogen) atoms. The smallest absolute Gasteiger partial charge is 0.407 e. The molecule has 1 saturated heterocycles. The van der Waals surface area contributed by atoms with E-state index in [1.165, 1.54) is 0 Å². The molecule has 1 aromatic rings. The van der Waals surface area contributed by atoms with Crippen LogP contribution in [0.15, 0.2) is 6.07 Å². The van der Waals surface area contributed by atoms with Gasteiger partial charge in [0, 0.05) is 25.3 Å². The fourth-order valence-electron chi connectivity index (χ4n) is 2.47. The first-order valence-corrected chi connectivity index (χ1v) is 7.74. The molecular formula is C16H23N5O2. The number of aromatic nitrogens is 2. The van der Waals surface area contributed by atoms with Crippen LogP contribution in [0.5, 0.6) is 0 Å². The number of hydrogen-bond donors (Lipinski definition) is 1. The zero-order chi connectivity index (χ0) is 17.0. The van der Waals surface area contributed by atoms with E-state index in [-0.39, 0.29) is 0 Å². The maximum atomic E-state index is 11.7. The molecule has 7 nitrogen and oxygen atoms in total. The van der Waals surface area contributed by atoms with Gasteiger partial charge in [0.2, 0.25) is 5.95 Å². The van der Waals surface area contributed by atoms with Gasteiger partial charge in [-0.1, -0.05) is 0 Å². The van der Waals surface area contributed by atoms with E-state index >= 15 is 0 Å². The summed E-state index contributed by atoms with van der Waals surface area (Å²) >= 11 is 0. The molecule has 0 aliphatic carbocycles. The van der Waals surface area contributed by atoms with Gasteiger partial charge in [-0.05, 0) is 46.1 Å². The van der Waals surface area contributed by atoms with Gasteiger partial charge in [-0.2, -0.15) is 5.26 Å². The van der Waals surface area contributed by atoms with Crippen LogP contribution in [0.2, 0.25) is 0 Å². The second-order valence-electron chi connectivity index (χ2n) is 6.79. The first kappa shape index (κ1) is 17.0. The second kappa shape index (κ2) is 6.82. The lowest BCUT2D eigenvalue weighted by atomic mass is 10.1. The molecule has 2 rings (SSSR count). The number of carbonyl (C=O) groups excluding carboxylic acids is 1. The van der Waals surface area contributed by atoms with Crippen molar-refractivity contribution in [3.8, 4) is 6.07 Å². The minimum atomic E-state index is -0.491. The molecule has 1 N–H and O–H groups in total. The number of hydrogen-bond acceptors (Lipinski definition) is 6. The van der Waals surface area contributed by atoms with Crippen LogP contribution in [0.25, 0.3) is 0 Å². The van der Waals surface area contributed by atoms with Crippen molar-refractivity contribution < 1.29 is 9.53 Å². The molecule has 1 unspecified atom stereocenters. The highest BCUT2D eigenvalue weighted by atomic mass is 16.6. The number of amides is 1. The molecule has 1 aliphatic heterocycles. The molecule has 7 heteroatoms. The van der Waals surface area contributed by atoms with Gasteiger partial charge in [-0.25, -0.2) is 14.8 Å². The van der Waals surface area contributed by atoms with Gasteiger partial charge < -0.3 is 15.0 Å². The van der Waals surface area contributed by atoms with E-state index in [1.807, 2.05) is 27.7 Å². The molecule has 0 bridgehead atoms. The molecule has 124 valence electrons. The van der Waals surface area contributed by atoms with E-state index in [0.717, 1.165) is 25.2 Å². The van der Waals surface area contributed by atoms with Crippen LogP contribution in [0.3, 0.4) is 0 Å². The van der Waals surface area contributed by atoms with Crippen LogP contribution in [-0.2, 0) is 4.74 Å². The summed E-state index contributed by atoms with van der Waals surface area (Å²) in [5.74, 6) is 0.901. The summed E-state index contributed by atoms with van der Waals surface area (Å²) in [7, 11) is 0. The Morgan fingerprint density at radius 3 is 2.91 bits per heavy atom. The number of nitrogens with one attached hydrogen (secondary N) is 1. The Bertz CT molecular complexity index is 618. The number of anilines is 1. The number of rotatable bonds is 3. The standard InChI is InChI=1S/C16H23N5O2/c1-11-7-13(8-17)20-14(19-11)21-6-5-12(10-21)9-18-15(22)23-16(2,3)4/h7,12H,5-6,9-10H2,1-4H3,(H,18,22). The summed E-state index contributed by atoms with van der Waals surface area (Å²) in [6.07, 6.45) is 0.546. The van der Waals surface area contributed by atoms with Crippen LogP contribution in [-0.4, -0.2) is 41.3 Å².